The van der Waals surface area contributed by atoms with E-state index in [2.05, 4.69) is 101 Å². The highest BCUT2D eigenvalue weighted by molar-refractivity contribution is 7.26. The lowest BCUT2D eigenvalue weighted by molar-refractivity contribution is 1.12. The molecule has 1 aliphatic heterocycles. The molecule has 4 heterocycles. The van der Waals surface area contributed by atoms with Crippen molar-refractivity contribution >= 4 is 59.7 Å². The predicted octanol–water partition coefficient (Wildman–Crippen LogP) is 8.51. The van der Waals surface area contributed by atoms with Crippen molar-refractivity contribution < 1.29 is 0 Å². The number of thiophene rings is 1. The second-order valence-electron chi connectivity index (χ2n) is 8.92. The molecule has 0 N–H and O–H groups in total. The summed E-state index contributed by atoms with van der Waals surface area (Å²) in [5.41, 5.74) is 7.48. The summed E-state index contributed by atoms with van der Waals surface area (Å²) in [4.78, 5) is 17.1. The maximum absolute atomic E-state index is 5.24. The van der Waals surface area contributed by atoms with E-state index < -0.39 is 0 Å². The van der Waals surface area contributed by atoms with Crippen molar-refractivity contribution in [3.05, 3.63) is 109 Å². The molecule has 0 spiro atoms. The number of nitrogens with zero attached hydrogens (tertiary/aromatic N) is 4. The zero-order valence-corrected chi connectivity index (χ0v) is 19.9. The Hall–Kier alpha value is -4.61. The van der Waals surface area contributed by atoms with Crippen LogP contribution in [0.25, 0.3) is 53.5 Å². The summed E-state index contributed by atoms with van der Waals surface area (Å²) in [6.07, 6.45) is 3.68. The highest BCUT2D eigenvalue weighted by atomic mass is 32.1. The van der Waals surface area contributed by atoms with Gasteiger partial charge in [-0.25, -0.2) is 9.97 Å². The molecule has 0 atom stereocenters. The third-order valence-electron chi connectivity index (χ3n) is 6.90. The molecule has 0 saturated carbocycles. The maximum atomic E-state index is 5.24. The molecule has 0 radical (unpaired) electrons. The molecule has 8 rings (SSSR count). The predicted molar refractivity (Wildman–Crippen MR) is 149 cm³/mol. The van der Waals surface area contributed by atoms with Crippen molar-refractivity contribution in [3.63, 3.8) is 0 Å². The molecule has 5 heteroatoms. The van der Waals surface area contributed by atoms with Crippen molar-refractivity contribution in [2.75, 3.05) is 4.90 Å². The molecule has 0 fully saturated rings. The minimum Gasteiger partial charge on any atom is -0.278 e. The van der Waals surface area contributed by atoms with Crippen LogP contribution in [-0.4, -0.2) is 15.0 Å². The van der Waals surface area contributed by atoms with Gasteiger partial charge in [0.05, 0.1) is 27.3 Å². The normalized spacial score (nSPS) is 12.4. The van der Waals surface area contributed by atoms with Crippen LogP contribution in [0.5, 0.6) is 0 Å². The Morgan fingerprint density at radius 2 is 1.47 bits per heavy atom. The minimum atomic E-state index is 0.666. The number of anilines is 3. The average Bonchev–Trinajstić information content (AvgIpc) is 3.32. The molecular weight excluding hydrogens is 460 g/mol. The van der Waals surface area contributed by atoms with Gasteiger partial charge in [-0.3, -0.25) is 9.88 Å². The number of hydrogen-bond donors (Lipinski definition) is 0. The molecule has 0 bridgehead atoms. The van der Waals surface area contributed by atoms with E-state index in [1.54, 1.807) is 17.5 Å². The third kappa shape index (κ3) is 2.72. The lowest BCUT2D eigenvalue weighted by Crippen LogP contribution is -2.17. The quantitative estimate of drug-likeness (QED) is 0.250. The van der Waals surface area contributed by atoms with Crippen LogP contribution >= 0.6 is 11.3 Å². The Bertz CT molecular complexity index is 1950. The van der Waals surface area contributed by atoms with Crippen LogP contribution in [0.2, 0.25) is 0 Å². The van der Waals surface area contributed by atoms with E-state index in [-0.39, 0.29) is 0 Å². The largest absolute Gasteiger partial charge is 0.278 e. The summed E-state index contributed by atoms with van der Waals surface area (Å²) in [7, 11) is 0. The van der Waals surface area contributed by atoms with Gasteiger partial charge in [0.15, 0.2) is 0 Å². The molecule has 4 nitrogen and oxygen atoms in total. The molecule has 0 aliphatic carbocycles. The molecule has 168 valence electrons. The summed E-state index contributed by atoms with van der Waals surface area (Å²) in [5.74, 6) is 0.666. The van der Waals surface area contributed by atoms with Gasteiger partial charge in [-0.1, -0.05) is 66.7 Å². The van der Waals surface area contributed by atoms with Gasteiger partial charge in [-0.15, -0.1) is 11.3 Å². The van der Waals surface area contributed by atoms with Gasteiger partial charge >= 0.3 is 0 Å². The van der Waals surface area contributed by atoms with E-state index in [1.165, 1.54) is 26.6 Å². The fraction of sp³-hybridized carbons (Fsp3) is 0. The topological polar surface area (TPSA) is 41.9 Å². The van der Waals surface area contributed by atoms with E-state index in [1.807, 2.05) is 12.3 Å². The molecule has 0 unspecified atom stereocenters. The van der Waals surface area contributed by atoms with Gasteiger partial charge < -0.3 is 0 Å². The monoisotopic (exact) mass is 478 g/mol. The molecule has 3 aromatic heterocycles. The Morgan fingerprint density at radius 1 is 0.667 bits per heavy atom. The number of rotatable bonds is 2. The van der Waals surface area contributed by atoms with Crippen LogP contribution in [0, 0.1) is 0 Å². The standard InChI is InChI=1S/C31H18N4S/c1-3-14-24-21(11-1)22-13-5-8-19-9-6-15-25(27(19)22)35(24)31-33-28(20-10-7-17-32-18-20)30-29(34-31)23-12-2-4-16-26(23)36-30/h1-18H. The zero-order valence-electron chi connectivity index (χ0n) is 19.1. The number of pyridine rings is 1. The molecule has 7 aromatic rings. The van der Waals surface area contributed by atoms with Crippen LogP contribution in [0.15, 0.2) is 109 Å². The average molecular weight is 479 g/mol. The number of para-hydroxylation sites is 1. The van der Waals surface area contributed by atoms with E-state index >= 15 is 0 Å². The second kappa shape index (κ2) is 7.44. The van der Waals surface area contributed by atoms with Crippen LogP contribution in [0.1, 0.15) is 0 Å². The van der Waals surface area contributed by atoms with Gasteiger partial charge in [0.25, 0.3) is 0 Å². The molecule has 1 aliphatic rings. The van der Waals surface area contributed by atoms with Gasteiger partial charge in [-0.2, -0.15) is 0 Å². The SMILES string of the molecule is c1cncc(-c2nc(N3c4ccccc4-c4cccc5cccc3c45)nc3c2sc2ccccc23)c1. The van der Waals surface area contributed by atoms with Crippen molar-refractivity contribution in [1.82, 2.24) is 15.0 Å². The smallest absolute Gasteiger partial charge is 0.235 e. The number of benzene rings is 4. The Balaban J connectivity index is 1.51. The Morgan fingerprint density at radius 3 is 2.39 bits per heavy atom. The van der Waals surface area contributed by atoms with E-state index in [9.17, 15) is 0 Å². The van der Waals surface area contributed by atoms with Crippen molar-refractivity contribution in [2.24, 2.45) is 0 Å². The first-order valence-electron chi connectivity index (χ1n) is 11.9. The van der Waals surface area contributed by atoms with Crippen LogP contribution in [-0.2, 0) is 0 Å². The van der Waals surface area contributed by atoms with Crippen LogP contribution < -0.4 is 4.90 Å². The van der Waals surface area contributed by atoms with E-state index in [4.69, 9.17) is 9.97 Å². The molecule has 4 aromatic carbocycles. The van der Waals surface area contributed by atoms with Crippen LogP contribution in [0.4, 0.5) is 17.3 Å². The van der Waals surface area contributed by atoms with Crippen LogP contribution in [0.3, 0.4) is 0 Å². The summed E-state index contributed by atoms with van der Waals surface area (Å²) < 4.78 is 2.28. The zero-order chi connectivity index (χ0) is 23.6. The summed E-state index contributed by atoms with van der Waals surface area (Å²) in [6, 6.07) is 34.0. The van der Waals surface area contributed by atoms with E-state index in [0.717, 1.165) is 38.2 Å². The first kappa shape index (κ1) is 19.7. The van der Waals surface area contributed by atoms with E-state index in [0.29, 0.717) is 5.95 Å². The molecule has 0 saturated heterocycles. The van der Waals surface area contributed by atoms with Gasteiger partial charge in [-0.05, 0) is 41.3 Å². The minimum absolute atomic E-state index is 0.666. The number of fused-ring (bicyclic) bond motifs is 5. The first-order valence-corrected chi connectivity index (χ1v) is 12.7. The second-order valence-corrected chi connectivity index (χ2v) is 9.98. The fourth-order valence-corrected chi connectivity index (χ4v) is 6.50. The lowest BCUT2D eigenvalue weighted by atomic mass is 9.91. The van der Waals surface area contributed by atoms with Gasteiger partial charge in [0, 0.05) is 39.0 Å². The third-order valence-corrected chi connectivity index (χ3v) is 8.07. The maximum Gasteiger partial charge on any atom is 0.235 e. The lowest BCUT2D eigenvalue weighted by Gasteiger charge is -2.32. The van der Waals surface area contributed by atoms with Gasteiger partial charge in [0.1, 0.15) is 0 Å². The van der Waals surface area contributed by atoms with Crippen molar-refractivity contribution in [2.45, 2.75) is 0 Å². The summed E-state index contributed by atoms with van der Waals surface area (Å²) in [6.45, 7) is 0. The summed E-state index contributed by atoms with van der Waals surface area (Å²) in [5, 5.41) is 3.58. The highest BCUT2D eigenvalue weighted by Crippen LogP contribution is 2.50. The number of aromatic nitrogens is 3. The van der Waals surface area contributed by atoms with Crippen molar-refractivity contribution in [3.8, 4) is 22.4 Å². The molecular formula is C31H18N4S. The van der Waals surface area contributed by atoms with Gasteiger partial charge in [0.2, 0.25) is 5.95 Å². The number of hydrogen-bond acceptors (Lipinski definition) is 5. The molecule has 0 amide bonds. The Labute approximate surface area is 211 Å². The molecule has 36 heavy (non-hydrogen) atoms. The highest BCUT2D eigenvalue weighted by Gasteiger charge is 2.28. The Kier molecular flexibility index (Phi) is 4.07. The fourth-order valence-electron chi connectivity index (χ4n) is 5.35. The van der Waals surface area contributed by atoms with Crippen molar-refractivity contribution in [1.29, 1.82) is 0 Å². The first-order chi connectivity index (χ1) is 17.9. The summed E-state index contributed by atoms with van der Waals surface area (Å²) >= 11 is 1.74.